The van der Waals surface area contributed by atoms with Gasteiger partial charge in [-0.2, -0.15) is 0 Å². The zero-order valence-corrected chi connectivity index (χ0v) is 12.8. The number of hydrogen-bond donors (Lipinski definition) is 1. The predicted molar refractivity (Wildman–Crippen MR) is 80.8 cm³/mol. The van der Waals surface area contributed by atoms with Gasteiger partial charge in [-0.15, -0.1) is 0 Å². The summed E-state index contributed by atoms with van der Waals surface area (Å²) in [6, 6.07) is 0. The number of fused-ring (bicyclic) bond motifs is 1. The van der Waals surface area contributed by atoms with Crippen LogP contribution in [0.4, 0.5) is 5.82 Å². The number of methoxy groups -OCH3 is 1. The first-order valence-corrected chi connectivity index (χ1v) is 7.38. The molecule has 1 fully saturated rings. The lowest BCUT2D eigenvalue weighted by Crippen LogP contribution is -2.44. The highest BCUT2D eigenvalue weighted by molar-refractivity contribution is 5.83. The molecule has 3 heterocycles. The van der Waals surface area contributed by atoms with E-state index in [9.17, 15) is 5.11 Å². The van der Waals surface area contributed by atoms with Crippen molar-refractivity contribution in [3.8, 4) is 0 Å². The van der Waals surface area contributed by atoms with Crippen molar-refractivity contribution < 1.29 is 14.6 Å². The third-order valence-corrected chi connectivity index (χ3v) is 3.63. The number of ether oxygens (including phenoxy) is 2. The second-order valence-corrected chi connectivity index (χ2v) is 5.51. The standard InChI is InChI=1S/C14H21N5O3/c1-10(20)5-19-9-17-12-13(15-8-16-14(12)19)18-3-4-22-11(6-18)7-21-2/h8-11,20H,3-7H2,1-2H3/t10-,11-/m1/s1. The van der Waals surface area contributed by atoms with Gasteiger partial charge in [-0.1, -0.05) is 0 Å². The molecule has 0 bridgehead atoms. The van der Waals surface area contributed by atoms with Crippen LogP contribution < -0.4 is 4.90 Å². The average molecular weight is 307 g/mol. The van der Waals surface area contributed by atoms with Gasteiger partial charge in [0.15, 0.2) is 17.0 Å². The molecule has 0 spiro atoms. The van der Waals surface area contributed by atoms with Crippen LogP contribution in [-0.4, -0.2) is 70.2 Å². The molecule has 8 nitrogen and oxygen atoms in total. The van der Waals surface area contributed by atoms with E-state index in [0.29, 0.717) is 26.3 Å². The van der Waals surface area contributed by atoms with Gasteiger partial charge in [0.1, 0.15) is 6.33 Å². The molecule has 2 aromatic rings. The number of anilines is 1. The molecule has 1 aliphatic rings. The van der Waals surface area contributed by atoms with Crippen LogP contribution in [0.15, 0.2) is 12.7 Å². The summed E-state index contributed by atoms with van der Waals surface area (Å²) >= 11 is 0. The molecule has 0 radical (unpaired) electrons. The van der Waals surface area contributed by atoms with E-state index in [-0.39, 0.29) is 6.10 Å². The van der Waals surface area contributed by atoms with E-state index >= 15 is 0 Å². The largest absolute Gasteiger partial charge is 0.392 e. The molecule has 0 saturated carbocycles. The van der Waals surface area contributed by atoms with E-state index in [1.165, 1.54) is 0 Å². The van der Waals surface area contributed by atoms with Gasteiger partial charge >= 0.3 is 0 Å². The molecule has 0 amide bonds. The third-order valence-electron chi connectivity index (χ3n) is 3.63. The first-order chi connectivity index (χ1) is 10.7. The molecular weight excluding hydrogens is 286 g/mol. The van der Waals surface area contributed by atoms with Gasteiger partial charge in [0.25, 0.3) is 0 Å². The minimum absolute atomic E-state index is 0.0308. The normalized spacial score (nSPS) is 20.5. The van der Waals surface area contributed by atoms with E-state index in [0.717, 1.165) is 23.5 Å². The summed E-state index contributed by atoms with van der Waals surface area (Å²) < 4.78 is 12.7. The SMILES string of the molecule is COC[C@H]1CN(c2ncnc3c2ncn3C[C@@H](C)O)CCO1. The smallest absolute Gasteiger partial charge is 0.165 e. The molecule has 2 aromatic heterocycles. The Balaban J connectivity index is 1.89. The fourth-order valence-corrected chi connectivity index (χ4v) is 2.72. The van der Waals surface area contributed by atoms with E-state index < -0.39 is 6.10 Å². The Kier molecular flexibility index (Phi) is 4.51. The Morgan fingerprint density at radius 1 is 1.45 bits per heavy atom. The van der Waals surface area contributed by atoms with Gasteiger partial charge in [-0.05, 0) is 6.92 Å². The quantitative estimate of drug-likeness (QED) is 0.836. The highest BCUT2D eigenvalue weighted by Crippen LogP contribution is 2.23. The molecule has 0 aromatic carbocycles. The molecule has 1 aliphatic heterocycles. The Bertz CT molecular complexity index is 628. The minimum atomic E-state index is -0.453. The zero-order chi connectivity index (χ0) is 15.5. The maximum atomic E-state index is 9.56. The van der Waals surface area contributed by atoms with Gasteiger partial charge in [0, 0.05) is 20.2 Å². The van der Waals surface area contributed by atoms with Crippen molar-refractivity contribution >= 4 is 17.0 Å². The van der Waals surface area contributed by atoms with Crippen molar-refractivity contribution in [2.75, 3.05) is 38.3 Å². The summed E-state index contributed by atoms with van der Waals surface area (Å²) in [7, 11) is 1.67. The monoisotopic (exact) mass is 307 g/mol. The zero-order valence-electron chi connectivity index (χ0n) is 12.8. The second-order valence-electron chi connectivity index (χ2n) is 5.51. The van der Waals surface area contributed by atoms with Gasteiger partial charge in [-0.3, -0.25) is 0 Å². The summed E-state index contributed by atoms with van der Waals surface area (Å²) in [5, 5.41) is 9.56. The van der Waals surface area contributed by atoms with Crippen LogP contribution in [0.5, 0.6) is 0 Å². The maximum Gasteiger partial charge on any atom is 0.165 e. The van der Waals surface area contributed by atoms with Gasteiger partial charge < -0.3 is 24.0 Å². The van der Waals surface area contributed by atoms with Crippen LogP contribution in [0.1, 0.15) is 6.92 Å². The van der Waals surface area contributed by atoms with Crippen molar-refractivity contribution in [2.45, 2.75) is 25.7 Å². The van der Waals surface area contributed by atoms with E-state index in [1.807, 2.05) is 4.57 Å². The molecule has 120 valence electrons. The fourth-order valence-electron chi connectivity index (χ4n) is 2.72. The lowest BCUT2D eigenvalue weighted by atomic mass is 10.2. The first kappa shape index (κ1) is 15.1. The van der Waals surface area contributed by atoms with Crippen LogP contribution in [0, 0.1) is 0 Å². The molecule has 0 unspecified atom stereocenters. The fraction of sp³-hybridized carbons (Fsp3) is 0.643. The Morgan fingerprint density at radius 2 is 2.32 bits per heavy atom. The average Bonchev–Trinajstić information content (AvgIpc) is 2.90. The second kappa shape index (κ2) is 6.55. The lowest BCUT2D eigenvalue weighted by molar-refractivity contribution is -0.0101. The molecule has 1 N–H and O–H groups in total. The summed E-state index contributed by atoms with van der Waals surface area (Å²) in [6.07, 6.45) is 2.81. The molecule has 2 atom stereocenters. The van der Waals surface area contributed by atoms with E-state index in [2.05, 4.69) is 19.9 Å². The highest BCUT2D eigenvalue weighted by atomic mass is 16.5. The molecule has 22 heavy (non-hydrogen) atoms. The Hall–Kier alpha value is -1.77. The summed E-state index contributed by atoms with van der Waals surface area (Å²) in [4.78, 5) is 15.3. The lowest BCUT2D eigenvalue weighted by Gasteiger charge is -2.33. The van der Waals surface area contributed by atoms with E-state index in [1.54, 1.807) is 26.7 Å². The van der Waals surface area contributed by atoms with Crippen LogP contribution in [-0.2, 0) is 16.0 Å². The van der Waals surface area contributed by atoms with Crippen molar-refractivity contribution in [1.82, 2.24) is 19.5 Å². The van der Waals surface area contributed by atoms with Crippen LogP contribution in [0.25, 0.3) is 11.2 Å². The van der Waals surface area contributed by atoms with Gasteiger partial charge in [-0.25, -0.2) is 15.0 Å². The van der Waals surface area contributed by atoms with Gasteiger partial charge in [0.2, 0.25) is 0 Å². The maximum absolute atomic E-state index is 9.56. The summed E-state index contributed by atoms with van der Waals surface area (Å²) in [5.41, 5.74) is 1.49. The van der Waals surface area contributed by atoms with Crippen molar-refractivity contribution in [1.29, 1.82) is 0 Å². The number of aliphatic hydroxyl groups is 1. The molecular formula is C14H21N5O3. The van der Waals surface area contributed by atoms with E-state index in [4.69, 9.17) is 9.47 Å². The number of imidazole rings is 1. The van der Waals surface area contributed by atoms with Crippen molar-refractivity contribution in [3.63, 3.8) is 0 Å². The number of nitrogens with zero attached hydrogens (tertiary/aromatic N) is 5. The Labute approximate surface area is 128 Å². The number of aliphatic hydroxyl groups excluding tert-OH is 1. The topological polar surface area (TPSA) is 85.5 Å². The van der Waals surface area contributed by atoms with Crippen molar-refractivity contribution in [2.24, 2.45) is 0 Å². The minimum Gasteiger partial charge on any atom is -0.392 e. The van der Waals surface area contributed by atoms with Crippen LogP contribution in [0.3, 0.4) is 0 Å². The Morgan fingerprint density at radius 3 is 3.09 bits per heavy atom. The number of rotatable bonds is 5. The predicted octanol–water partition coefficient (Wildman–Crippen LogP) is 0.0587. The first-order valence-electron chi connectivity index (χ1n) is 7.38. The molecule has 1 saturated heterocycles. The number of morpholine rings is 1. The molecule has 8 heteroatoms. The molecule has 3 rings (SSSR count). The highest BCUT2D eigenvalue weighted by Gasteiger charge is 2.24. The van der Waals surface area contributed by atoms with Crippen LogP contribution in [0.2, 0.25) is 0 Å². The molecule has 0 aliphatic carbocycles. The summed E-state index contributed by atoms with van der Waals surface area (Å²) in [6.45, 7) is 4.86. The number of aromatic nitrogens is 4. The number of hydrogen-bond acceptors (Lipinski definition) is 7. The third kappa shape index (κ3) is 3.03. The van der Waals surface area contributed by atoms with Gasteiger partial charge in [0.05, 0.1) is 38.3 Å². The van der Waals surface area contributed by atoms with Crippen molar-refractivity contribution in [3.05, 3.63) is 12.7 Å². The summed E-state index contributed by atoms with van der Waals surface area (Å²) in [5.74, 6) is 0.804. The van der Waals surface area contributed by atoms with Crippen LogP contribution >= 0.6 is 0 Å².